The van der Waals surface area contributed by atoms with E-state index in [0.717, 1.165) is 19.3 Å². The van der Waals surface area contributed by atoms with Crippen LogP contribution in [0, 0.1) is 17.3 Å². The van der Waals surface area contributed by atoms with Crippen LogP contribution in [0.25, 0.3) is 0 Å². The highest BCUT2D eigenvalue weighted by Gasteiger charge is 2.27. The summed E-state index contributed by atoms with van der Waals surface area (Å²) in [6, 6.07) is 0. The van der Waals surface area contributed by atoms with Crippen molar-refractivity contribution < 1.29 is 4.79 Å². The Morgan fingerprint density at radius 1 is 1.29 bits per heavy atom. The van der Waals surface area contributed by atoms with Gasteiger partial charge in [0.2, 0.25) is 0 Å². The fraction of sp³-hybridized carbons (Fsp3) is 0.923. The molecule has 2 atom stereocenters. The SMILES string of the molecule is CCC(C)C(CC(C)(C)CC)C(C)=O. The standard InChI is InChI=1S/C13H26O/c1-7-10(3)12(11(4)14)9-13(5,6)8-2/h10,12H,7-9H2,1-6H3. The lowest BCUT2D eigenvalue weighted by Crippen LogP contribution is -2.26. The van der Waals surface area contributed by atoms with Gasteiger partial charge in [-0.15, -0.1) is 0 Å². The second kappa shape index (κ2) is 5.53. The van der Waals surface area contributed by atoms with Crippen molar-refractivity contribution in [1.29, 1.82) is 0 Å². The van der Waals surface area contributed by atoms with E-state index in [1.54, 1.807) is 6.92 Å². The first-order chi connectivity index (χ1) is 6.34. The van der Waals surface area contributed by atoms with Crippen molar-refractivity contribution in [1.82, 2.24) is 0 Å². The zero-order valence-electron chi connectivity index (χ0n) is 10.7. The van der Waals surface area contributed by atoms with Gasteiger partial charge in [-0.25, -0.2) is 0 Å². The van der Waals surface area contributed by atoms with E-state index in [4.69, 9.17) is 0 Å². The number of carbonyl (C=O) groups excluding carboxylic acids is 1. The number of ketones is 1. The average Bonchev–Trinajstić information content (AvgIpc) is 2.13. The van der Waals surface area contributed by atoms with Crippen LogP contribution < -0.4 is 0 Å². The smallest absolute Gasteiger partial charge is 0.133 e. The Bertz CT molecular complexity index is 182. The average molecular weight is 198 g/mol. The molecule has 1 nitrogen and oxygen atoms in total. The maximum absolute atomic E-state index is 11.5. The van der Waals surface area contributed by atoms with E-state index in [-0.39, 0.29) is 5.92 Å². The fourth-order valence-corrected chi connectivity index (χ4v) is 1.77. The van der Waals surface area contributed by atoms with Crippen molar-refractivity contribution in [2.45, 2.75) is 60.8 Å². The van der Waals surface area contributed by atoms with Crippen molar-refractivity contribution in [3.63, 3.8) is 0 Å². The zero-order valence-corrected chi connectivity index (χ0v) is 10.7. The van der Waals surface area contributed by atoms with Crippen LogP contribution in [0.1, 0.15) is 60.8 Å². The van der Waals surface area contributed by atoms with E-state index < -0.39 is 0 Å². The van der Waals surface area contributed by atoms with Crippen LogP contribution >= 0.6 is 0 Å². The van der Waals surface area contributed by atoms with Gasteiger partial charge in [0.1, 0.15) is 5.78 Å². The predicted octanol–water partition coefficient (Wildman–Crippen LogP) is 4.06. The Morgan fingerprint density at radius 3 is 2.07 bits per heavy atom. The lowest BCUT2D eigenvalue weighted by atomic mass is 9.74. The number of Topliss-reactive ketones (excluding diaryl/α,β-unsaturated/α-hetero) is 1. The Balaban J connectivity index is 4.45. The van der Waals surface area contributed by atoms with Crippen molar-refractivity contribution in [2.24, 2.45) is 17.3 Å². The van der Waals surface area contributed by atoms with E-state index in [9.17, 15) is 4.79 Å². The maximum Gasteiger partial charge on any atom is 0.133 e. The molecule has 0 radical (unpaired) electrons. The van der Waals surface area contributed by atoms with Crippen LogP contribution in [0.15, 0.2) is 0 Å². The van der Waals surface area contributed by atoms with Crippen molar-refractivity contribution in [3.05, 3.63) is 0 Å². The number of rotatable bonds is 6. The molecule has 0 saturated heterocycles. The van der Waals surface area contributed by atoms with Gasteiger partial charge >= 0.3 is 0 Å². The van der Waals surface area contributed by atoms with E-state index >= 15 is 0 Å². The van der Waals surface area contributed by atoms with Gasteiger partial charge in [-0.3, -0.25) is 4.79 Å². The topological polar surface area (TPSA) is 17.1 Å². The summed E-state index contributed by atoms with van der Waals surface area (Å²) in [7, 11) is 0. The quantitative estimate of drug-likeness (QED) is 0.629. The van der Waals surface area contributed by atoms with Crippen LogP contribution in [0.3, 0.4) is 0 Å². The molecule has 0 aliphatic heterocycles. The minimum atomic E-state index is 0.259. The molecule has 0 aromatic rings. The normalized spacial score (nSPS) is 16.4. The monoisotopic (exact) mass is 198 g/mol. The van der Waals surface area contributed by atoms with Crippen molar-refractivity contribution in [2.75, 3.05) is 0 Å². The molecule has 14 heavy (non-hydrogen) atoms. The van der Waals surface area contributed by atoms with Crippen LogP contribution in [-0.4, -0.2) is 5.78 Å². The van der Waals surface area contributed by atoms with Crippen molar-refractivity contribution >= 4 is 5.78 Å². The number of carbonyl (C=O) groups is 1. The van der Waals surface area contributed by atoms with Gasteiger partial charge in [-0.05, 0) is 24.7 Å². The van der Waals surface area contributed by atoms with Gasteiger partial charge in [0.15, 0.2) is 0 Å². The summed E-state index contributed by atoms with van der Waals surface area (Å²) in [5.74, 6) is 1.15. The fourth-order valence-electron chi connectivity index (χ4n) is 1.77. The van der Waals surface area contributed by atoms with E-state index in [2.05, 4.69) is 34.6 Å². The molecule has 0 heterocycles. The van der Waals surface area contributed by atoms with Gasteiger partial charge in [0.05, 0.1) is 0 Å². The zero-order chi connectivity index (χ0) is 11.4. The van der Waals surface area contributed by atoms with Crippen LogP contribution in [0.5, 0.6) is 0 Å². The van der Waals surface area contributed by atoms with E-state index in [1.807, 2.05) is 0 Å². The molecule has 84 valence electrons. The Labute approximate surface area is 89.3 Å². The summed E-state index contributed by atoms with van der Waals surface area (Å²) in [5.41, 5.74) is 0.305. The maximum atomic E-state index is 11.5. The third-order valence-electron chi connectivity index (χ3n) is 3.58. The van der Waals surface area contributed by atoms with Crippen LogP contribution in [0.4, 0.5) is 0 Å². The summed E-state index contributed by atoms with van der Waals surface area (Å²) < 4.78 is 0. The third kappa shape index (κ3) is 4.26. The Morgan fingerprint density at radius 2 is 1.79 bits per heavy atom. The van der Waals surface area contributed by atoms with Gasteiger partial charge in [0, 0.05) is 5.92 Å². The summed E-state index contributed by atoms with van der Waals surface area (Å²) >= 11 is 0. The molecule has 0 N–H and O–H groups in total. The molecule has 0 fully saturated rings. The minimum absolute atomic E-state index is 0.259. The summed E-state index contributed by atoms with van der Waals surface area (Å²) in [4.78, 5) is 11.5. The Hall–Kier alpha value is -0.330. The molecule has 0 aromatic heterocycles. The second-order valence-electron chi connectivity index (χ2n) is 5.32. The largest absolute Gasteiger partial charge is 0.300 e. The van der Waals surface area contributed by atoms with E-state index in [0.29, 0.717) is 17.1 Å². The lowest BCUT2D eigenvalue weighted by molar-refractivity contribution is -0.123. The van der Waals surface area contributed by atoms with Gasteiger partial charge in [0.25, 0.3) is 0 Å². The summed E-state index contributed by atoms with van der Waals surface area (Å²) in [6.07, 6.45) is 3.28. The number of hydrogen-bond donors (Lipinski definition) is 0. The summed E-state index contributed by atoms with van der Waals surface area (Å²) in [6.45, 7) is 12.8. The first-order valence-electron chi connectivity index (χ1n) is 5.84. The van der Waals surface area contributed by atoms with Crippen LogP contribution in [-0.2, 0) is 4.79 Å². The first-order valence-corrected chi connectivity index (χ1v) is 5.84. The first kappa shape index (κ1) is 13.7. The molecule has 0 aliphatic carbocycles. The molecule has 0 bridgehead atoms. The molecule has 1 heteroatoms. The molecule has 0 aromatic carbocycles. The highest BCUT2D eigenvalue weighted by atomic mass is 16.1. The lowest BCUT2D eigenvalue weighted by Gasteiger charge is -2.30. The van der Waals surface area contributed by atoms with Gasteiger partial charge in [-0.2, -0.15) is 0 Å². The molecular formula is C13H26O. The van der Waals surface area contributed by atoms with Gasteiger partial charge < -0.3 is 0 Å². The highest BCUT2D eigenvalue weighted by Crippen LogP contribution is 2.33. The molecule has 0 spiro atoms. The molecule has 0 rings (SSSR count). The molecule has 0 amide bonds. The molecule has 0 aliphatic rings. The van der Waals surface area contributed by atoms with Gasteiger partial charge in [-0.1, -0.05) is 47.5 Å². The molecular weight excluding hydrogens is 172 g/mol. The molecule has 2 unspecified atom stereocenters. The van der Waals surface area contributed by atoms with Crippen LogP contribution in [0.2, 0.25) is 0 Å². The third-order valence-corrected chi connectivity index (χ3v) is 3.58. The highest BCUT2D eigenvalue weighted by molar-refractivity contribution is 5.78. The number of hydrogen-bond acceptors (Lipinski definition) is 1. The van der Waals surface area contributed by atoms with E-state index in [1.165, 1.54) is 0 Å². The molecule has 0 saturated carbocycles. The minimum Gasteiger partial charge on any atom is -0.300 e. The summed E-state index contributed by atoms with van der Waals surface area (Å²) in [5, 5.41) is 0. The Kier molecular flexibility index (Phi) is 5.40. The second-order valence-corrected chi connectivity index (χ2v) is 5.32. The predicted molar refractivity (Wildman–Crippen MR) is 62.3 cm³/mol. The van der Waals surface area contributed by atoms with Crippen molar-refractivity contribution in [3.8, 4) is 0 Å².